The zero-order valence-corrected chi connectivity index (χ0v) is 19.0. The fourth-order valence-corrected chi connectivity index (χ4v) is 5.37. The number of carbonyl (C=O) groups is 1. The number of hydrogen-bond acceptors (Lipinski definition) is 5. The van der Waals surface area contributed by atoms with Crippen LogP contribution in [-0.4, -0.2) is 58.5 Å². The number of piperazine rings is 1. The van der Waals surface area contributed by atoms with Gasteiger partial charge in [-0.05, 0) is 61.2 Å². The van der Waals surface area contributed by atoms with Crippen molar-refractivity contribution in [3.8, 4) is 0 Å². The lowest BCUT2D eigenvalue weighted by Crippen LogP contribution is -2.44. The number of anilines is 2. The van der Waals surface area contributed by atoms with E-state index in [1.54, 1.807) is 12.1 Å². The smallest absolute Gasteiger partial charge is 0.261 e. The summed E-state index contributed by atoms with van der Waals surface area (Å²) in [5.41, 5.74) is 1.53. The van der Waals surface area contributed by atoms with Gasteiger partial charge in [-0.15, -0.1) is 0 Å². The Bertz CT molecular complexity index is 1070. The van der Waals surface area contributed by atoms with Crippen molar-refractivity contribution >= 4 is 27.3 Å². The molecule has 0 bridgehead atoms. The van der Waals surface area contributed by atoms with Crippen LogP contribution in [0.1, 0.15) is 30.1 Å². The van der Waals surface area contributed by atoms with Crippen LogP contribution in [0.4, 0.5) is 15.8 Å². The lowest BCUT2D eigenvalue weighted by atomic mass is 9.99. The molecule has 2 heterocycles. The second-order valence-corrected chi connectivity index (χ2v) is 10.2. The Labute approximate surface area is 188 Å². The lowest BCUT2D eigenvalue weighted by molar-refractivity contribution is 0.0683. The standard InChI is InChI=1S/C23H29FN4O3S/c1-17-3-2-12-28(16-17)23(29)18-4-9-22(27-13-10-25-11-14-27)21(15-18)26-32(30,31)20-7-5-19(24)6-8-20/h4-9,15,17,25-26H,2-3,10-14,16H2,1H3. The Kier molecular flexibility index (Phi) is 6.66. The maximum Gasteiger partial charge on any atom is 0.261 e. The van der Waals surface area contributed by atoms with Gasteiger partial charge < -0.3 is 15.1 Å². The third kappa shape index (κ3) is 5.05. The Hall–Kier alpha value is -2.65. The van der Waals surface area contributed by atoms with Gasteiger partial charge in [0, 0.05) is 44.8 Å². The molecular weight excluding hydrogens is 431 g/mol. The molecule has 2 aromatic carbocycles. The molecule has 0 aromatic heterocycles. The summed E-state index contributed by atoms with van der Waals surface area (Å²) in [6.07, 6.45) is 2.07. The highest BCUT2D eigenvalue weighted by Crippen LogP contribution is 2.31. The first-order valence-electron chi connectivity index (χ1n) is 11.0. The molecule has 0 aliphatic carbocycles. The van der Waals surface area contributed by atoms with Gasteiger partial charge in [0.15, 0.2) is 0 Å². The van der Waals surface area contributed by atoms with Crippen molar-refractivity contribution in [2.24, 2.45) is 5.92 Å². The Morgan fingerprint density at radius 3 is 2.50 bits per heavy atom. The molecule has 172 valence electrons. The minimum Gasteiger partial charge on any atom is -0.367 e. The van der Waals surface area contributed by atoms with Crippen LogP contribution >= 0.6 is 0 Å². The highest BCUT2D eigenvalue weighted by atomic mass is 32.2. The molecule has 0 radical (unpaired) electrons. The van der Waals surface area contributed by atoms with E-state index in [4.69, 9.17) is 0 Å². The predicted octanol–water partition coefficient (Wildman–Crippen LogP) is 2.91. The minimum absolute atomic E-state index is 0.0354. The summed E-state index contributed by atoms with van der Waals surface area (Å²) in [5, 5.41) is 3.28. The van der Waals surface area contributed by atoms with Crippen LogP contribution < -0.4 is 14.9 Å². The normalized spacial score (nSPS) is 19.6. The second kappa shape index (κ2) is 9.46. The van der Waals surface area contributed by atoms with Crippen molar-refractivity contribution in [3.05, 3.63) is 53.8 Å². The van der Waals surface area contributed by atoms with E-state index in [1.165, 1.54) is 12.1 Å². The van der Waals surface area contributed by atoms with E-state index in [0.29, 0.717) is 30.3 Å². The average Bonchev–Trinajstić information content (AvgIpc) is 2.79. The number of amides is 1. The maximum absolute atomic E-state index is 13.3. The van der Waals surface area contributed by atoms with Gasteiger partial charge in [0.1, 0.15) is 5.82 Å². The molecule has 2 N–H and O–H groups in total. The third-order valence-corrected chi connectivity index (χ3v) is 7.40. The lowest BCUT2D eigenvalue weighted by Gasteiger charge is -2.33. The van der Waals surface area contributed by atoms with Gasteiger partial charge in [0.05, 0.1) is 16.3 Å². The number of nitrogens with zero attached hydrogens (tertiary/aromatic N) is 2. The number of piperidine rings is 1. The molecule has 1 amide bonds. The van der Waals surface area contributed by atoms with Crippen LogP contribution in [0.25, 0.3) is 0 Å². The van der Waals surface area contributed by atoms with E-state index in [1.807, 2.05) is 11.0 Å². The summed E-state index contributed by atoms with van der Waals surface area (Å²) in [6.45, 7) is 6.57. The number of carbonyl (C=O) groups excluding carboxylic acids is 1. The Balaban J connectivity index is 1.67. The highest BCUT2D eigenvalue weighted by molar-refractivity contribution is 7.92. The van der Waals surface area contributed by atoms with E-state index >= 15 is 0 Å². The van der Waals surface area contributed by atoms with Crippen molar-refractivity contribution in [2.75, 3.05) is 48.9 Å². The van der Waals surface area contributed by atoms with Crippen LogP contribution in [0, 0.1) is 11.7 Å². The fourth-order valence-electron chi connectivity index (χ4n) is 4.31. The molecule has 2 aromatic rings. The van der Waals surface area contributed by atoms with Crippen molar-refractivity contribution < 1.29 is 17.6 Å². The molecule has 2 saturated heterocycles. The van der Waals surface area contributed by atoms with E-state index in [9.17, 15) is 17.6 Å². The zero-order chi connectivity index (χ0) is 22.7. The van der Waals surface area contributed by atoms with Gasteiger partial charge >= 0.3 is 0 Å². The molecule has 4 rings (SSSR count). The van der Waals surface area contributed by atoms with E-state index in [0.717, 1.165) is 56.8 Å². The molecule has 0 spiro atoms. The molecule has 2 aliphatic heterocycles. The summed E-state index contributed by atoms with van der Waals surface area (Å²) in [7, 11) is -3.95. The van der Waals surface area contributed by atoms with Crippen LogP contribution in [-0.2, 0) is 10.0 Å². The van der Waals surface area contributed by atoms with Crippen molar-refractivity contribution in [2.45, 2.75) is 24.7 Å². The van der Waals surface area contributed by atoms with Crippen molar-refractivity contribution in [1.29, 1.82) is 0 Å². The second-order valence-electron chi connectivity index (χ2n) is 8.53. The summed E-state index contributed by atoms with van der Waals surface area (Å²) in [5.74, 6) is -0.149. The van der Waals surface area contributed by atoms with Gasteiger partial charge in [-0.2, -0.15) is 0 Å². The van der Waals surface area contributed by atoms with Crippen LogP contribution in [0.2, 0.25) is 0 Å². The topological polar surface area (TPSA) is 81.8 Å². The molecule has 7 nitrogen and oxygen atoms in total. The quantitative estimate of drug-likeness (QED) is 0.717. The zero-order valence-electron chi connectivity index (χ0n) is 18.2. The summed E-state index contributed by atoms with van der Waals surface area (Å²) in [4.78, 5) is 17.0. The highest BCUT2D eigenvalue weighted by Gasteiger charge is 2.25. The first-order chi connectivity index (χ1) is 15.3. The Morgan fingerprint density at radius 1 is 1.09 bits per heavy atom. The average molecular weight is 461 g/mol. The molecule has 1 unspecified atom stereocenters. The predicted molar refractivity (Wildman–Crippen MR) is 123 cm³/mol. The largest absolute Gasteiger partial charge is 0.367 e. The maximum atomic E-state index is 13.3. The SMILES string of the molecule is CC1CCCN(C(=O)c2ccc(N3CCNCC3)c(NS(=O)(=O)c3ccc(F)cc3)c2)C1. The summed E-state index contributed by atoms with van der Waals surface area (Å²) < 4.78 is 42.0. The molecule has 2 aliphatic rings. The number of hydrogen-bond donors (Lipinski definition) is 2. The van der Waals surface area contributed by atoms with Gasteiger partial charge in [0.25, 0.3) is 15.9 Å². The number of rotatable bonds is 5. The van der Waals surface area contributed by atoms with E-state index < -0.39 is 15.8 Å². The van der Waals surface area contributed by atoms with Gasteiger partial charge in [-0.1, -0.05) is 6.92 Å². The first-order valence-corrected chi connectivity index (χ1v) is 12.5. The molecule has 9 heteroatoms. The summed E-state index contributed by atoms with van der Waals surface area (Å²) in [6, 6.07) is 9.90. The van der Waals surface area contributed by atoms with Crippen molar-refractivity contribution in [3.63, 3.8) is 0 Å². The van der Waals surface area contributed by atoms with Gasteiger partial charge in [0.2, 0.25) is 0 Å². The van der Waals surface area contributed by atoms with Crippen LogP contribution in [0.5, 0.6) is 0 Å². The Morgan fingerprint density at radius 2 is 1.81 bits per heavy atom. The summed E-state index contributed by atoms with van der Waals surface area (Å²) >= 11 is 0. The number of benzene rings is 2. The number of likely N-dealkylation sites (tertiary alicyclic amines) is 1. The first kappa shape index (κ1) is 22.5. The minimum atomic E-state index is -3.95. The van der Waals surface area contributed by atoms with Crippen LogP contribution in [0.3, 0.4) is 0 Å². The van der Waals surface area contributed by atoms with Crippen LogP contribution in [0.15, 0.2) is 47.4 Å². The van der Waals surface area contributed by atoms with Gasteiger partial charge in [-0.25, -0.2) is 12.8 Å². The third-order valence-electron chi connectivity index (χ3n) is 6.01. The molecule has 2 fully saturated rings. The molecule has 32 heavy (non-hydrogen) atoms. The van der Waals surface area contributed by atoms with Gasteiger partial charge in [-0.3, -0.25) is 9.52 Å². The fraction of sp³-hybridized carbons (Fsp3) is 0.435. The number of sulfonamides is 1. The van der Waals surface area contributed by atoms with E-state index in [-0.39, 0.29) is 10.8 Å². The number of halogens is 1. The van der Waals surface area contributed by atoms with E-state index in [2.05, 4.69) is 21.9 Å². The van der Waals surface area contributed by atoms with Crippen molar-refractivity contribution in [1.82, 2.24) is 10.2 Å². The number of nitrogens with one attached hydrogen (secondary N) is 2. The monoisotopic (exact) mass is 460 g/mol. The molecular formula is C23H29FN4O3S. The molecule has 0 saturated carbocycles. The molecule has 1 atom stereocenters.